The molecule has 102 valence electrons. The van der Waals surface area contributed by atoms with Crippen LogP contribution in [0.25, 0.3) is 11.1 Å². The molecule has 3 rings (SSSR count). The number of halogens is 1. The molecule has 2 aromatic carbocycles. The first-order valence-electron chi connectivity index (χ1n) is 6.43. The molecule has 0 unspecified atom stereocenters. The van der Waals surface area contributed by atoms with E-state index in [0.717, 1.165) is 12.8 Å². The van der Waals surface area contributed by atoms with Gasteiger partial charge in [0.05, 0.1) is 11.7 Å². The number of rotatable bonds is 4. The number of carboxylic acids is 1. The van der Waals surface area contributed by atoms with Gasteiger partial charge in [-0.05, 0) is 48.7 Å². The maximum Gasteiger partial charge on any atom is 0.335 e. The van der Waals surface area contributed by atoms with Gasteiger partial charge in [0.2, 0.25) is 0 Å². The molecule has 1 aliphatic rings. The van der Waals surface area contributed by atoms with Gasteiger partial charge in [0.25, 0.3) is 0 Å². The molecule has 0 atom stereocenters. The highest BCUT2D eigenvalue weighted by Crippen LogP contribution is 2.35. The number of hydrogen-bond donors (Lipinski definition) is 1. The molecule has 1 aliphatic carbocycles. The predicted octanol–water partition coefficient (Wildman–Crippen LogP) is 3.73. The molecule has 2 aromatic rings. The second-order valence-electron chi connectivity index (χ2n) is 4.84. The number of aromatic carboxylic acids is 1. The largest absolute Gasteiger partial charge is 0.490 e. The molecule has 0 spiro atoms. The molecule has 4 heteroatoms. The van der Waals surface area contributed by atoms with Crippen LogP contribution < -0.4 is 4.74 Å². The van der Waals surface area contributed by atoms with E-state index >= 15 is 0 Å². The molecular formula is C16H13FO3. The van der Waals surface area contributed by atoms with Crippen LogP contribution >= 0.6 is 0 Å². The van der Waals surface area contributed by atoms with Crippen LogP contribution in [-0.2, 0) is 0 Å². The van der Waals surface area contributed by atoms with Crippen LogP contribution in [-0.4, -0.2) is 17.2 Å². The van der Waals surface area contributed by atoms with E-state index in [9.17, 15) is 9.18 Å². The zero-order valence-corrected chi connectivity index (χ0v) is 10.7. The third-order valence-electron chi connectivity index (χ3n) is 3.18. The van der Waals surface area contributed by atoms with Crippen molar-refractivity contribution in [2.75, 3.05) is 0 Å². The van der Waals surface area contributed by atoms with Crippen LogP contribution in [0.1, 0.15) is 23.2 Å². The van der Waals surface area contributed by atoms with E-state index in [1.54, 1.807) is 18.2 Å². The molecule has 0 saturated heterocycles. The van der Waals surface area contributed by atoms with E-state index in [2.05, 4.69) is 0 Å². The number of benzene rings is 2. The fourth-order valence-corrected chi connectivity index (χ4v) is 2.01. The summed E-state index contributed by atoms with van der Waals surface area (Å²) in [4.78, 5) is 11.0. The zero-order chi connectivity index (χ0) is 14.1. The topological polar surface area (TPSA) is 46.5 Å². The number of ether oxygens (including phenoxy) is 1. The van der Waals surface area contributed by atoms with Crippen LogP contribution in [0.15, 0.2) is 42.5 Å². The Morgan fingerprint density at radius 1 is 1.20 bits per heavy atom. The van der Waals surface area contributed by atoms with Crippen molar-refractivity contribution in [3.8, 4) is 16.9 Å². The summed E-state index contributed by atoms with van der Waals surface area (Å²) < 4.78 is 19.1. The Morgan fingerprint density at radius 2 is 2.00 bits per heavy atom. The van der Waals surface area contributed by atoms with Crippen molar-refractivity contribution < 1.29 is 19.0 Å². The van der Waals surface area contributed by atoms with Crippen LogP contribution in [0, 0.1) is 5.82 Å². The Morgan fingerprint density at radius 3 is 2.65 bits per heavy atom. The monoisotopic (exact) mass is 272 g/mol. The first-order valence-corrected chi connectivity index (χ1v) is 6.43. The molecule has 1 saturated carbocycles. The average molecular weight is 272 g/mol. The van der Waals surface area contributed by atoms with Crippen molar-refractivity contribution in [3.05, 3.63) is 53.8 Å². The maximum atomic E-state index is 13.3. The van der Waals surface area contributed by atoms with Gasteiger partial charge in [-0.1, -0.05) is 12.1 Å². The van der Waals surface area contributed by atoms with Gasteiger partial charge >= 0.3 is 5.97 Å². The van der Waals surface area contributed by atoms with Gasteiger partial charge in [-0.3, -0.25) is 0 Å². The number of carboxylic acid groups (broad SMARTS) is 1. The minimum atomic E-state index is -1.00. The summed E-state index contributed by atoms with van der Waals surface area (Å²) in [7, 11) is 0. The Balaban J connectivity index is 2.06. The molecule has 3 nitrogen and oxygen atoms in total. The van der Waals surface area contributed by atoms with Gasteiger partial charge in [0, 0.05) is 5.56 Å². The van der Waals surface area contributed by atoms with Crippen LogP contribution in [0.3, 0.4) is 0 Å². The highest BCUT2D eigenvalue weighted by molar-refractivity contribution is 5.89. The highest BCUT2D eigenvalue weighted by atomic mass is 19.1. The minimum Gasteiger partial charge on any atom is -0.490 e. The third-order valence-corrected chi connectivity index (χ3v) is 3.18. The molecule has 0 radical (unpaired) electrons. The van der Waals surface area contributed by atoms with E-state index in [1.165, 1.54) is 24.3 Å². The summed E-state index contributed by atoms with van der Waals surface area (Å²) in [5.41, 5.74) is 1.56. The third kappa shape index (κ3) is 2.64. The van der Waals surface area contributed by atoms with Crippen LogP contribution in [0.4, 0.5) is 4.39 Å². The lowest BCUT2D eigenvalue weighted by Crippen LogP contribution is -2.02. The number of hydrogen-bond acceptors (Lipinski definition) is 2. The van der Waals surface area contributed by atoms with E-state index < -0.39 is 5.97 Å². The second kappa shape index (κ2) is 4.96. The molecule has 0 amide bonds. The first-order chi connectivity index (χ1) is 9.63. The minimum absolute atomic E-state index is 0.145. The molecule has 0 aromatic heterocycles. The summed E-state index contributed by atoms with van der Waals surface area (Å²) in [6.45, 7) is 0. The van der Waals surface area contributed by atoms with Gasteiger partial charge in [0.1, 0.15) is 11.6 Å². The summed E-state index contributed by atoms with van der Waals surface area (Å²) in [5.74, 6) is -0.836. The fourth-order valence-electron chi connectivity index (χ4n) is 2.01. The zero-order valence-electron chi connectivity index (χ0n) is 10.7. The van der Waals surface area contributed by atoms with E-state index in [-0.39, 0.29) is 17.5 Å². The Kier molecular flexibility index (Phi) is 3.14. The molecule has 20 heavy (non-hydrogen) atoms. The SMILES string of the molecule is O=C(O)c1ccc(-c2cccc(F)c2)c(OC2CC2)c1. The first kappa shape index (κ1) is 12.7. The quantitative estimate of drug-likeness (QED) is 0.922. The smallest absolute Gasteiger partial charge is 0.335 e. The van der Waals surface area contributed by atoms with Gasteiger partial charge in [0.15, 0.2) is 0 Å². The lowest BCUT2D eigenvalue weighted by Gasteiger charge is -2.12. The predicted molar refractivity (Wildman–Crippen MR) is 72.4 cm³/mol. The molecule has 0 bridgehead atoms. The van der Waals surface area contributed by atoms with Crippen molar-refractivity contribution in [2.45, 2.75) is 18.9 Å². The number of carbonyl (C=O) groups is 1. The summed E-state index contributed by atoms with van der Waals surface area (Å²) in [6, 6.07) is 10.8. The standard InChI is InChI=1S/C16H13FO3/c17-12-3-1-2-10(8-12)14-7-4-11(16(18)19)9-15(14)20-13-5-6-13/h1-4,7-9,13H,5-6H2,(H,18,19). The Hall–Kier alpha value is -2.36. The lowest BCUT2D eigenvalue weighted by molar-refractivity contribution is 0.0696. The lowest BCUT2D eigenvalue weighted by atomic mass is 10.0. The van der Waals surface area contributed by atoms with E-state index in [0.29, 0.717) is 16.9 Å². The van der Waals surface area contributed by atoms with Crippen molar-refractivity contribution >= 4 is 5.97 Å². The fraction of sp³-hybridized carbons (Fsp3) is 0.188. The Bertz CT molecular complexity index is 663. The second-order valence-corrected chi connectivity index (χ2v) is 4.84. The van der Waals surface area contributed by atoms with E-state index in [4.69, 9.17) is 9.84 Å². The molecule has 0 heterocycles. The van der Waals surface area contributed by atoms with Gasteiger partial charge in [-0.25, -0.2) is 9.18 Å². The van der Waals surface area contributed by atoms with Gasteiger partial charge in [-0.2, -0.15) is 0 Å². The van der Waals surface area contributed by atoms with Crippen molar-refractivity contribution in [3.63, 3.8) is 0 Å². The van der Waals surface area contributed by atoms with Crippen molar-refractivity contribution in [1.82, 2.24) is 0 Å². The maximum absolute atomic E-state index is 13.3. The van der Waals surface area contributed by atoms with Gasteiger partial charge < -0.3 is 9.84 Å². The van der Waals surface area contributed by atoms with Gasteiger partial charge in [-0.15, -0.1) is 0 Å². The molecular weight excluding hydrogens is 259 g/mol. The highest BCUT2D eigenvalue weighted by Gasteiger charge is 2.25. The van der Waals surface area contributed by atoms with Crippen molar-refractivity contribution in [2.24, 2.45) is 0 Å². The van der Waals surface area contributed by atoms with Crippen LogP contribution in [0.5, 0.6) is 5.75 Å². The van der Waals surface area contributed by atoms with E-state index in [1.807, 2.05) is 0 Å². The van der Waals surface area contributed by atoms with Crippen molar-refractivity contribution in [1.29, 1.82) is 0 Å². The summed E-state index contributed by atoms with van der Waals surface area (Å²) >= 11 is 0. The Labute approximate surface area is 115 Å². The summed E-state index contributed by atoms with van der Waals surface area (Å²) in [5, 5.41) is 9.05. The molecule has 0 aliphatic heterocycles. The van der Waals surface area contributed by atoms with Crippen LogP contribution in [0.2, 0.25) is 0 Å². The summed E-state index contributed by atoms with van der Waals surface area (Å²) in [6.07, 6.45) is 2.09. The average Bonchev–Trinajstić information content (AvgIpc) is 3.22. The molecule has 1 fully saturated rings. The normalized spacial score (nSPS) is 14.1. The molecule has 1 N–H and O–H groups in total.